The number of hydrogen-bond acceptors (Lipinski definition) is 7. The Labute approximate surface area is 166 Å². The average molecular weight is 400 g/mol. The number of aromatic nitrogens is 3. The second-order valence-corrected chi connectivity index (χ2v) is 7.16. The summed E-state index contributed by atoms with van der Waals surface area (Å²) >= 11 is 1.33. The third-order valence-electron chi connectivity index (χ3n) is 4.21. The minimum atomic E-state index is -0.0958. The predicted octanol–water partition coefficient (Wildman–Crippen LogP) is 2.64. The molecule has 0 spiro atoms. The smallest absolute Gasteiger partial charge is 0.230 e. The van der Waals surface area contributed by atoms with Crippen LogP contribution in [0.1, 0.15) is 12.2 Å². The van der Waals surface area contributed by atoms with Crippen molar-refractivity contribution >= 4 is 17.7 Å². The summed E-state index contributed by atoms with van der Waals surface area (Å²) in [4.78, 5) is 12.0. The van der Waals surface area contributed by atoms with Gasteiger partial charge in [0.1, 0.15) is 5.76 Å². The molecule has 1 aromatic carbocycles. The molecule has 1 aliphatic rings. The van der Waals surface area contributed by atoms with Gasteiger partial charge in [0, 0.05) is 19.0 Å². The van der Waals surface area contributed by atoms with Crippen molar-refractivity contribution in [3.63, 3.8) is 0 Å². The van der Waals surface area contributed by atoms with Gasteiger partial charge in [0.15, 0.2) is 22.5 Å². The van der Waals surface area contributed by atoms with Gasteiger partial charge in [-0.15, -0.1) is 10.2 Å². The van der Waals surface area contributed by atoms with Gasteiger partial charge >= 0.3 is 0 Å². The minimum Gasteiger partial charge on any atom is -0.490 e. The molecule has 4 rings (SSSR count). The number of ether oxygens (including phenoxy) is 2. The SMILES string of the molecule is Cn1c(SCC(=O)NCc2ccco2)nnc1-c1ccc2c(c1)OCCCO2. The van der Waals surface area contributed by atoms with Crippen molar-refractivity contribution in [1.29, 1.82) is 0 Å². The second kappa shape index (κ2) is 8.39. The van der Waals surface area contributed by atoms with Gasteiger partial charge in [0.2, 0.25) is 5.91 Å². The van der Waals surface area contributed by atoms with Crippen molar-refractivity contribution in [3.8, 4) is 22.9 Å². The molecule has 9 heteroatoms. The monoisotopic (exact) mass is 400 g/mol. The number of thioether (sulfide) groups is 1. The third-order valence-corrected chi connectivity index (χ3v) is 5.23. The highest BCUT2D eigenvalue weighted by Gasteiger charge is 2.16. The maximum atomic E-state index is 12.0. The van der Waals surface area contributed by atoms with Crippen molar-refractivity contribution in [2.24, 2.45) is 7.05 Å². The van der Waals surface area contributed by atoms with Crippen molar-refractivity contribution in [2.45, 2.75) is 18.1 Å². The molecule has 8 nitrogen and oxygen atoms in total. The van der Waals surface area contributed by atoms with Crippen LogP contribution in [-0.4, -0.2) is 39.6 Å². The summed E-state index contributed by atoms with van der Waals surface area (Å²) in [5, 5.41) is 12.0. The number of hydrogen-bond donors (Lipinski definition) is 1. The van der Waals surface area contributed by atoms with Gasteiger partial charge in [-0.25, -0.2) is 0 Å². The van der Waals surface area contributed by atoms with Gasteiger partial charge in [-0.05, 0) is 30.3 Å². The summed E-state index contributed by atoms with van der Waals surface area (Å²) < 4.78 is 18.5. The lowest BCUT2D eigenvalue weighted by molar-refractivity contribution is -0.118. The van der Waals surface area contributed by atoms with Gasteiger partial charge in [-0.2, -0.15) is 0 Å². The number of carbonyl (C=O) groups is 1. The van der Waals surface area contributed by atoms with Crippen LogP contribution in [0.15, 0.2) is 46.2 Å². The molecule has 3 aromatic rings. The van der Waals surface area contributed by atoms with E-state index >= 15 is 0 Å². The van der Waals surface area contributed by atoms with Crippen LogP contribution < -0.4 is 14.8 Å². The van der Waals surface area contributed by atoms with Gasteiger partial charge < -0.3 is 23.8 Å². The Hall–Kier alpha value is -2.94. The maximum absolute atomic E-state index is 12.0. The number of furan rings is 1. The highest BCUT2D eigenvalue weighted by atomic mass is 32.2. The topological polar surface area (TPSA) is 91.4 Å². The molecule has 0 saturated carbocycles. The van der Waals surface area contributed by atoms with Gasteiger partial charge in [-0.1, -0.05) is 11.8 Å². The molecule has 28 heavy (non-hydrogen) atoms. The summed E-state index contributed by atoms with van der Waals surface area (Å²) in [6.07, 6.45) is 2.44. The van der Waals surface area contributed by atoms with Crippen LogP contribution in [0.3, 0.4) is 0 Å². The van der Waals surface area contributed by atoms with Crippen LogP contribution in [0.5, 0.6) is 11.5 Å². The van der Waals surface area contributed by atoms with Crippen molar-refractivity contribution < 1.29 is 18.7 Å². The third kappa shape index (κ3) is 4.14. The zero-order valence-electron chi connectivity index (χ0n) is 15.4. The van der Waals surface area contributed by atoms with E-state index in [1.54, 1.807) is 12.3 Å². The van der Waals surface area contributed by atoms with Crippen LogP contribution in [0.4, 0.5) is 0 Å². The Morgan fingerprint density at radius 3 is 2.89 bits per heavy atom. The Kier molecular flexibility index (Phi) is 5.52. The fraction of sp³-hybridized carbons (Fsp3) is 0.316. The first-order valence-corrected chi connectivity index (χ1v) is 9.90. The molecule has 0 fully saturated rings. The standard InChI is InChI=1S/C19H20N4O4S/c1-23-18(13-5-6-15-16(10-13)27-9-3-8-26-15)21-22-19(23)28-12-17(24)20-11-14-4-2-7-25-14/h2,4-7,10H,3,8-9,11-12H2,1H3,(H,20,24). The quantitative estimate of drug-likeness (QED) is 0.636. The fourth-order valence-electron chi connectivity index (χ4n) is 2.77. The van der Waals surface area contributed by atoms with Crippen LogP contribution in [0, 0.1) is 0 Å². The number of rotatable bonds is 6. The molecule has 1 N–H and O–H groups in total. The highest BCUT2D eigenvalue weighted by molar-refractivity contribution is 7.99. The maximum Gasteiger partial charge on any atom is 0.230 e. The molecular weight excluding hydrogens is 380 g/mol. The van der Waals surface area contributed by atoms with E-state index in [0.29, 0.717) is 42.2 Å². The first-order chi connectivity index (χ1) is 13.7. The Morgan fingerprint density at radius 1 is 1.21 bits per heavy atom. The number of carbonyl (C=O) groups excluding carboxylic acids is 1. The van der Waals surface area contributed by atoms with E-state index in [1.165, 1.54) is 11.8 Å². The first kappa shape index (κ1) is 18.4. The van der Waals surface area contributed by atoms with E-state index in [9.17, 15) is 4.79 Å². The summed E-state index contributed by atoms with van der Waals surface area (Å²) in [6.45, 7) is 1.65. The number of nitrogens with one attached hydrogen (secondary N) is 1. The Bertz CT molecular complexity index is 955. The summed E-state index contributed by atoms with van der Waals surface area (Å²) in [7, 11) is 1.88. The van der Waals surface area contributed by atoms with E-state index in [4.69, 9.17) is 13.9 Å². The van der Waals surface area contributed by atoms with Crippen molar-refractivity contribution in [2.75, 3.05) is 19.0 Å². The minimum absolute atomic E-state index is 0.0958. The van der Waals surface area contributed by atoms with E-state index < -0.39 is 0 Å². The normalized spacial score (nSPS) is 13.2. The molecule has 0 unspecified atom stereocenters. The number of amides is 1. The van der Waals surface area contributed by atoms with E-state index in [0.717, 1.165) is 17.7 Å². The predicted molar refractivity (Wildman–Crippen MR) is 103 cm³/mol. The zero-order chi connectivity index (χ0) is 19.3. The molecule has 3 heterocycles. The van der Waals surface area contributed by atoms with Crippen molar-refractivity contribution in [1.82, 2.24) is 20.1 Å². The van der Waals surface area contributed by atoms with Gasteiger partial charge in [-0.3, -0.25) is 4.79 Å². The summed E-state index contributed by atoms with van der Waals surface area (Å²) in [6, 6.07) is 9.34. The van der Waals surface area contributed by atoms with E-state index in [-0.39, 0.29) is 11.7 Å². The van der Waals surface area contributed by atoms with Crippen LogP contribution in [0.2, 0.25) is 0 Å². The molecule has 0 bridgehead atoms. The van der Waals surface area contributed by atoms with Crippen LogP contribution >= 0.6 is 11.8 Å². The van der Waals surface area contributed by atoms with Gasteiger partial charge in [0.05, 0.1) is 31.8 Å². The molecule has 0 atom stereocenters. The molecule has 146 valence electrons. The Morgan fingerprint density at radius 2 is 2.07 bits per heavy atom. The van der Waals surface area contributed by atoms with Crippen LogP contribution in [-0.2, 0) is 18.4 Å². The average Bonchev–Trinajstić information content (AvgIpc) is 3.28. The lowest BCUT2D eigenvalue weighted by Crippen LogP contribution is -2.24. The summed E-state index contributed by atoms with van der Waals surface area (Å²) in [5.74, 6) is 3.02. The molecular formula is C19H20N4O4S. The van der Waals surface area contributed by atoms with Gasteiger partial charge in [0.25, 0.3) is 0 Å². The lowest BCUT2D eigenvalue weighted by atomic mass is 10.2. The van der Waals surface area contributed by atoms with Crippen LogP contribution in [0.25, 0.3) is 11.4 Å². The molecule has 1 amide bonds. The van der Waals surface area contributed by atoms with Crippen molar-refractivity contribution in [3.05, 3.63) is 42.4 Å². The number of fused-ring (bicyclic) bond motifs is 1. The number of nitrogens with zero attached hydrogens (tertiary/aromatic N) is 3. The van der Waals surface area contributed by atoms with E-state index in [2.05, 4.69) is 15.5 Å². The molecule has 0 radical (unpaired) electrons. The number of benzene rings is 1. The first-order valence-electron chi connectivity index (χ1n) is 8.92. The largest absolute Gasteiger partial charge is 0.490 e. The lowest BCUT2D eigenvalue weighted by Gasteiger charge is -2.09. The van der Waals surface area contributed by atoms with E-state index in [1.807, 2.05) is 35.9 Å². The molecule has 1 aliphatic heterocycles. The molecule has 0 saturated heterocycles. The summed E-state index contributed by atoms with van der Waals surface area (Å²) in [5.41, 5.74) is 0.883. The Balaban J connectivity index is 1.40. The molecule has 2 aromatic heterocycles. The zero-order valence-corrected chi connectivity index (χ0v) is 16.2. The second-order valence-electron chi connectivity index (χ2n) is 6.22. The fourth-order valence-corrected chi connectivity index (χ4v) is 3.52. The highest BCUT2D eigenvalue weighted by Crippen LogP contribution is 2.34. The molecule has 0 aliphatic carbocycles.